The smallest absolute Gasteiger partial charge is 0.133 e. The minimum atomic E-state index is 1.05. The molecular formula is C11H13BrN2S2. The van der Waals surface area contributed by atoms with E-state index in [1.807, 2.05) is 7.05 Å². The van der Waals surface area contributed by atoms with Crippen LogP contribution in [0.4, 0.5) is 0 Å². The molecule has 16 heavy (non-hydrogen) atoms. The largest absolute Gasteiger partial charge is 0.320 e. The van der Waals surface area contributed by atoms with E-state index in [0.29, 0.717) is 0 Å². The van der Waals surface area contributed by atoms with Crippen LogP contribution in [0.25, 0.3) is 9.88 Å². The lowest BCUT2D eigenvalue weighted by atomic mass is 10.2. The molecule has 0 fully saturated rings. The fourth-order valence-electron chi connectivity index (χ4n) is 1.41. The minimum absolute atomic E-state index is 1.05. The van der Waals surface area contributed by atoms with Crippen molar-refractivity contribution in [1.29, 1.82) is 0 Å². The fraction of sp³-hybridized carbons (Fsp3) is 0.364. The lowest BCUT2D eigenvalue weighted by Gasteiger charge is -1.95. The Morgan fingerprint density at radius 3 is 3.00 bits per heavy atom. The topological polar surface area (TPSA) is 24.9 Å². The predicted molar refractivity (Wildman–Crippen MR) is 75.4 cm³/mol. The maximum atomic E-state index is 4.65. The molecule has 86 valence electrons. The Morgan fingerprint density at radius 1 is 1.44 bits per heavy atom. The maximum Gasteiger partial charge on any atom is 0.133 e. The van der Waals surface area contributed by atoms with Crippen LogP contribution in [0.5, 0.6) is 0 Å². The van der Waals surface area contributed by atoms with Gasteiger partial charge >= 0.3 is 0 Å². The van der Waals surface area contributed by atoms with Crippen molar-refractivity contribution in [1.82, 2.24) is 10.3 Å². The predicted octanol–water partition coefficient (Wildman–Crippen LogP) is 3.79. The molecule has 2 nitrogen and oxygen atoms in total. The highest BCUT2D eigenvalue weighted by Gasteiger charge is 2.06. The highest BCUT2D eigenvalue weighted by atomic mass is 79.9. The summed E-state index contributed by atoms with van der Waals surface area (Å²) in [6.07, 6.45) is 2.21. The molecule has 0 unspecified atom stereocenters. The summed E-state index contributed by atoms with van der Waals surface area (Å²) in [4.78, 5) is 5.89. The molecule has 0 aliphatic carbocycles. The van der Waals surface area contributed by atoms with Crippen LogP contribution < -0.4 is 5.32 Å². The third-order valence-electron chi connectivity index (χ3n) is 2.20. The third kappa shape index (κ3) is 3.13. The number of nitrogens with one attached hydrogen (secondary N) is 1. The number of thiazole rings is 1. The Morgan fingerprint density at radius 2 is 2.31 bits per heavy atom. The molecule has 0 atom stereocenters. The monoisotopic (exact) mass is 316 g/mol. The van der Waals surface area contributed by atoms with Crippen LogP contribution in [-0.2, 0) is 6.42 Å². The van der Waals surface area contributed by atoms with Crippen molar-refractivity contribution in [3.8, 4) is 9.88 Å². The van der Waals surface area contributed by atoms with Crippen molar-refractivity contribution in [3.05, 3.63) is 27.0 Å². The first-order valence-electron chi connectivity index (χ1n) is 5.14. The third-order valence-corrected chi connectivity index (χ3v) is 4.88. The molecule has 2 aromatic rings. The van der Waals surface area contributed by atoms with E-state index in [1.54, 1.807) is 22.7 Å². The number of aromatic nitrogens is 1. The van der Waals surface area contributed by atoms with E-state index in [2.05, 4.69) is 43.7 Å². The van der Waals surface area contributed by atoms with Crippen molar-refractivity contribution in [2.45, 2.75) is 12.8 Å². The molecule has 2 aromatic heterocycles. The summed E-state index contributed by atoms with van der Waals surface area (Å²) >= 11 is 6.94. The molecule has 0 radical (unpaired) electrons. The van der Waals surface area contributed by atoms with Gasteiger partial charge in [0.1, 0.15) is 5.01 Å². The van der Waals surface area contributed by atoms with Crippen LogP contribution in [-0.4, -0.2) is 18.6 Å². The average Bonchev–Trinajstić information content (AvgIpc) is 2.87. The normalized spacial score (nSPS) is 10.9. The van der Waals surface area contributed by atoms with Gasteiger partial charge in [0, 0.05) is 5.38 Å². The van der Waals surface area contributed by atoms with Gasteiger partial charge in [0.2, 0.25) is 0 Å². The SMILES string of the molecule is CNCCCc1csc(-c2ccc(Br)s2)n1. The average molecular weight is 317 g/mol. The molecule has 0 aromatic carbocycles. The lowest BCUT2D eigenvalue weighted by Crippen LogP contribution is -2.08. The number of aryl methyl sites for hydroxylation is 1. The van der Waals surface area contributed by atoms with Crippen molar-refractivity contribution in [2.24, 2.45) is 0 Å². The number of rotatable bonds is 5. The van der Waals surface area contributed by atoms with Crippen molar-refractivity contribution >= 4 is 38.6 Å². The molecule has 0 spiro atoms. The van der Waals surface area contributed by atoms with E-state index in [4.69, 9.17) is 0 Å². The van der Waals surface area contributed by atoms with Crippen LogP contribution in [0.15, 0.2) is 21.3 Å². The lowest BCUT2D eigenvalue weighted by molar-refractivity contribution is 0.718. The van der Waals surface area contributed by atoms with E-state index >= 15 is 0 Å². The number of hydrogen-bond acceptors (Lipinski definition) is 4. The van der Waals surface area contributed by atoms with E-state index in [1.165, 1.54) is 10.6 Å². The Bertz CT molecular complexity index is 450. The molecular weight excluding hydrogens is 304 g/mol. The van der Waals surface area contributed by atoms with Crippen LogP contribution in [0.3, 0.4) is 0 Å². The molecule has 0 saturated heterocycles. The summed E-state index contributed by atoms with van der Waals surface area (Å²) in [6.45, 7) is 1.05. The van der Waals surface area contributed by atoms with E-state index in [0.717, 1.165) is 28.2 Å². The second-order valence-corrected chi connectivity index (χ2v) is 6.78. The highest BCUT2D eigenvalue weighted by molar-refractivity contribution is 9.11. The number of hydrogen-bond donors (Lipinski definition) is 1. The summed E-state index contributed by atoms with van der Waals surface area (Å²) in [5, 5.41) is 6.45. The van der Waals surface area contributed by atoms with Gasteiger partial charge in [-0.1, -0.05) is 0 Å². The quantitative estimate of drug-likeness (QED) is 0.849. The van der Waals surface area contributed by atoms with Gasteiger partial charge in [0.25, 0.3) is 0 Å². The molecule has 2 rings (SSSR count). The van der Waals surface area contributed by atoms with Crippen molar-refractivity contribution < 1.29 is 0 Å². The summed E-state index contributed by atoms with van der Waals surface area (Å²) in [7, 11) is 1.98. The molecule has 2 heterocycles. The van der Waals surface area contributed by atoms with Gasteiger partial charge in [-0.2, -0.15) is 0 Å². The number of halogens is 1. The molecule has 0 saturated carbocycles. The molecule has 0 amide bonds. The van der Waals surface area contributed by atoms with Crippen LogP contribution in [0, 0.1) is 0 Å². The fourth-order valence-corrected chi connectivity index (χ4v) is 3.72. The Kier molecular flexibility index (Phi) is 4.52. The zero-order valence-corrected chi connectivity index (χ0v) is 12.2. The first-order chi connectivity index (χ1) is 7.79. The molecule has 0 aliphatic rings. The summed E-state index contributed by atoms with van der Waals surface area (Å²) < 4.78 is 1.16. The van der Waals surface area contributed by atoms with Crippen LogP contribution >= 0.6 is 38.6 Å². The van der Waals surface area contributed by atoms with E-state index < -0.39 is 0 Å². The van der Waals surface area contributed by atoms with Crippen molar-refractivity contribution in [2.75, 3.05) is 13.6 Å². The Hall–Kier alpha value is -0.230. The van der Waals surface area contributed by atoms with Gasteiger partial charge in [-0.25, -0.2) is 4.98 Å². The summed E-state index contributed by atoms with van der Waals surface area (Å²) in [6, 6.07) is 4.19. The van der Waals surface area contributed by atoms with Crippen molar-refractivity contribution in [3.63, 3.8) is 0 Å². The molecule has 0 aliphatic heterocycles. The van der Waals surface area contributed by atoms with Gasteiger partial charge < -0.3 is 5.32 Å². The summed E-state index contributed by atoms with van der Waals surface area (Å²) in [5.74, 6) is 0. The second kappa shape index (κ2) is 5.91. The Labute approximate surface area is 112 Å². The first-order valence-corrected chi connectivity index (χ1v) is 7.63. The van der Waals surface area contributed by atoms with Gasteiger partial charge in [0.05, 0.1) is 14.4 Å². The zero-order chi connectivity index (χ0) is 11.4. The van der Waals surface area contributed by atoms with Gasteiger partial charge in [-0.15, -0.1) is 22.7 Å². The first kappa shape index (κ1) is 12.2. The van der Waals surface area contributed by atoms with E-state index in [-0.39, 0.29) is 0 Å². The molecule has 1 N–H and O–H groups in total. The highest BCUT2D eigenvalue weighted by Crippen LogP contribution is 2.33. The van der Waals surface area contributed by atoms with Gasteiger partial charge in [-0.05, 0) is 54.5 Å². The summed E-state index contributed by atoms with van der Waals surface area (Å²) in [5.41, 5.74) is 1.21. The van der Waals surface area contributed by atoms with E-state index in [9.17, 15) is 0 Å². The number of nitrogens with zero attached hydrogens (tertiary/aromatic N) is 1. The maximum absolute atomic E-state index is 4.65. The molecule has 0 bridgehead atoms. The van der Waals surface area contributed by atoms with Crippen LogP contribution in [0.1, 0.15) is 12.1 Å². The standard InChI is InChI=1S/C11H13BrN2S2/c1-13-6-2-3-8-7-15-11(14-8)9-4-5-10(12)16-9/h4-5,7,13H,2-3,6H2,1H3. The van der Waals surface area contributed by atoms with Crippen LogP contribution in [0.2, 0.25) is 0 Å². The Balaban J connectivity index is 2.02. The minimum Gasteiger partial charge on any atom is -0.320 e. The van der Waals surface area contributed by atoms with Gasteiger partial charge in [0.15, 0.2) is 0 Å². The number of thiophene rings is 1. The zero-order valence-electron chi connectivity index (χ0n) is 9.00. The second-order valence-electron chi connectivity index (χ2n) is 3.45. The molecule has 5 heteroatoms. The van der Waals surface area contributed by atoms with Gasteiger partial charge in [-0.3, -0.25) is 0 Å².